The lowest BCUT2D eigenvalue weighted by molar-refractivity contribution is -0.305. The molecular weight excluding hydrogens is 865 g/mol. The Hall–Kier alpha value is -1.07. The highest BCUT2D eigenvalue weighted by atomic mass is 16.7. The number of carbonyl (C=O) groups excluding carboxylic acids is 1. The largest absolute Gasteiger partial charge is 0.457 e. The SMILES string of the molecule is CCCCCCCCCC/C=C\CCCCCCCCCCCCOCC(COC1OC(CO)C(O)C(O)C1O)OC(=O)CCCCCCCCCCCCCCCCCCCCCCCCCC. The van der Waals surface area contributed by atoms with Gasteiger partial charge in [0.15, 0.2) is 6.29 Å². The molecule has 1 saturated heterocycles. The van der Waals surface area contributed by atoms with Crippen LogP contribution in [0.4, 0.5) is 0 Å². The minimum atomic E-state index is -1.53. The molecule has 0 aromatic rings. The number of allylic oxidation sites excluding steroid dienone is 2. The summed E-state index contributed by atoms with van der Waals surface area (Å²) in [6.07, 6.45) is 55.5. The van der Waals surface area contributed by atoms with Crippen molar-refractivity contribution in [1.82, 2.24) is 0 Å². The Bertz CT molecular complexity index is 1070. The zero-order valence-electron chi connectivity index (χ0n) is 45.6. The van der Waals surface area contributed by atoms with Crippen molar-refractivity contribution < 1.29 is 44.2 Å². The third-order valence-electron chi connectivity index (χ3n) is 14.4. The molecule has 0 amide bonds. The molecule has 0 aromatic carbocycles. The smallest absolute Gasteiger partial charge is 0.306 e. The predicted molar refractivity (Wildman–Crippen MR) is 289 cm³/mol. The molecule has 1 heterocycles. The second-order valence-corrected chi connectivity index (χ2v) is 21.2. The molecule has 0 radical (unpaired) electrons. The van der Waals surface area contributed by atoms with Gasteiger partial charge in [-0.1, -0.05) is 270 Å². The molecule has 0 aliphatic carbocycles. The van der Waals surface area contributed by atoms with E-state index in [1.165, 1.54) is 250 Å². The van der Waals surface area contributed by atoms with Gasteiger partial charge in [-0.25, -0.2) is 0 Å². The third kappa shape index (κ3) is 42.0. The van der Waals surface area contributed by atoms with Gasteiger partial charge in [0, 0.05) is 13.0 Å². The van der Waals surface area contributed by atoms with Gasteiger partial charge in [-0.2, -0.15) is 0 Å². The van der Waals surface area contributed by atoms with Gasteiger partial charge in [-0.3, -0.25) is 4.79 Å². The van der Waals surface area contributed by atoms with Crippen LogP contribution in [0.3, 0.4) is 0 Å². The van der Waals surface area contributed by atoms with Crippen LogP contribution in [-0.2, 0) is 23.7 Å². The van der Waals surface area contributed by atoms with Gasteiger partial charge in [-0.05, 0) is 38.5 Å². The van der Waals surface area contributed by atoms with Crippen LogP contribution < -0.4 is 0 Å². The van der Waals surface area contributed by atoms with Crippen molar-refractivity contribution in [3.63, 3.8) is 0 Å². The van der Waals surface area contributed by atoms with E-state index in [1.807, 2.05) is 0 Å². The zero-order valence-corrected chi connectivity index (χ0v) is 45.6. The number of hydrogen-bond acceptors (Lipinski definition) is 9. The van der Waals surface area contributed by atoms with Crippen LogP contribution in [0.25, 0.3) is 0 Å². The average Bonchev–Trinajstić information content (AvgIpc) is 3.35. The first kappa shape index (κ1) is 65.9. The Morgan fingerprint density at radius 1 is 0.449 bits per heavy atom. The summed E-state index contributed by atoms with van der Waals surface area (Å²) in [5.41, 5.74) is 0. The molecule has 6 atom stereocenters. The lowest BCUT2D eigenvalue weighted by atomic mass is 9.99. The molecule has 0 saturated carbocycles. The Labute approximate surface area is 426 Å². The third-order valence-corrected chi connectivity index (χ3v) is 14.4. The molecule has 410 valence electrons. The maximum absolute atomic E-state index is 12.9. The summed E-state index contributed by atoms with van der Waals surface area (Å²) >= 11 is 0. The maximum Gasteiger partial charge on any atom is 0.306 e. The number of carbonyl (C=O) groups is 1. The number of ether oxygens (including phenoxy) is 4. The summed E-state index contributed by atoms with van der Waals surface area (Å²) in [7, 11) is 0. The van der Waals surface area contributed by atoms with Crippen molar-refractivity contribution in [1.29, 1.82) is 0 Å². The molecule has 69 heavy (non-hydrogen) atoms. The van der Waals surface area contributed by atoms with E-state index in [0.717, 1.165) is 32.1 Å². The summed E-state index contributed by atoms with van der Waals surface area (Å²) in [6.45, 7) is 4.63. The molecule has 1 aliphatic heterocycles. The van der Waals surface area contributed by atoms with Crippen molar-refractivity contribution in [2.45, 2.75) is 340 Å². The monoisotopic (exact) mass is 981 g/mol. The summed E-state index contributed by atoms with van der Waals surface area (Å²) < 4.78 is 23.0. The van der Waals surface area contributed by atoms with E-state index in [-0.39, 0.29) is 19.2 Å². The van der Waals surface area contributed by atoms with E-state index in [4.69, 9.17) is 18.9 Å². The molecular formula is C60H116O9. The number of esters is 1. The van der Waals surface area contributed by atoms with Crippen LogP contribution in [0.2, 0.25) is 0 Å². The van der Waals surface area contributed by atoms with Gasteiger partial charge in [0.2, 0.25) is 0 Å². The molecule has 1 rings (SSSR count). The normalized spacial score (nSPS) is 19.0. The van der Waals surface area contributed by atoms with Crippen LogP contribution in [0.5, 0.6) is 0 Å². The molecule has 9 heteroatoms. The van der Waals surface area contributed by atoms with Crippen molar-refractivity contribution in [3.8, 4) is 0 Å². The van der Waals surface area contributed by atoms with Crippen molar-refractivity contribution in [2.75, 3.05) is 26.4 Å². The molecule has 6 unspecified atom stereocenters. The Kier molecular flexibility index (Phi) is 49.5. The van der Waals surface area contributed by atoms with Crippen LogP contribution in [0, 0.1) is 0 Å². The van der Waals surface area contributed by atoms with Gasteiger partial charge in [-0.15, -0.1) is 0 Å². The molecule has 1 fully saturated rings. The predicted octanol–water partition coefficient (Wildman–Crippen LogP) is 15.9. The fourth-order valence-corrected chi connectivity index (χ4v) is 9.73. The molecule has 0 spiro atoms. The standard InChI is InChI=1S/C60H116O9/c1-3-5-7-9-11-13-15-17-19-21-23-25-27-28-29-31-33-35-37-39-41-43-45-47-49-56(62)68-54(53-67-60-59(65)58(64)57(63)55(51-61)69-60)52-66-50-48-46-44-42-40-38-36-34-32-30-26-24-22-20-18-16-14-12-10-8-6-4-2/h22,24,54-55,57-61,63-65H,3-21,23,25-53H2,1-2H3/b24-22-. The topological polar surface area (TPSA) is 135 Å². The molecule has 0 aromatic heterocycles. The van der Waals surface area contributed by atoms with Crippen LogP contribution in [-0.4, -0.2) is 89.6 Å². The summed E-state index contributed by atoms with van der Waals surface area (Å²) in [6, 6.07) is 0. The number of hydrogen-bond donors (Lipinski definition) is 4. The highest BCUT2D eigenvalue weighted by Gasteiger charge is 2.44. The Morgan fingerprint density at radius 3 is 1.17 bits per heavy atom. The first-order chi connectivity index (χ1) is 33.9. The van der Waals surface area contributed by atoms with E-state index in [0.29, 0.717) is 13.0 Å². The fourth-order valence-electron chi connectivity index (χ4n) is 9.73. The number of unbranched alkanes of at least 4 members (excludes halogenated alkanes) is 41. The van der Waals surface area contributed by atoms with Gasteiger partial charge < -0.3 is 39.4 Å². The highest BCUT2D eigenvalue weighted by Crippen LogP contribution is 2.23. The molecule has 1 aliphatic rings. The van der Waals surface area contributed by atoms with Crippen molar-refractivity contribution in [2.24, 2.45) is 0 Å². The van der Waals surface area contributed by atoms with Gasteiger partial charge >= 0.3 is 5.97 Å². The summed E-state index contributed by atoms with van der Waals surface area (Å²) in [4.78, 5) is 12.9. The Balaban J connectivity index is 2.12. The second kappa shape index (κ2) is 51.8. The zero-order chi connectivity index (χ0) is 49.9. The number of aliphatic hydroxyl groups is 4. The van der Waals surface area contributed by atoms with E-state index in [1.54, 1.807) is 0 Å². The number of aliphatic hydroxyl groups excluding tert-OH is 4. The van der Waals surface area contributed by atoms with E-state index in [9.17, 15) is 25.2 Å². The van der Waals surface area contributed by atoms with Gasteiger partial charge in [0.25, 0.3) is 0 Å². The van der Waals surface area contributed by atoms with Crippen molar-refractivity contribution >= 4 is 5.97 Å². The fraction of sp³-hybridized carbons (Fsp3) is 0.950. The van der Waals surface area contributed by atoms with E-state index < -0.39 is 43.4 Å². The maximum atomic E-state index is 12.9. The highest BCUT2D eigenvalue weighted by molar-refractivity contribution is 5.69. The van der Waals surface area contributed by atoms with Crippen LogP contribution in [0.1, 0.15) is 303 Å². The molecule has 4 N–H and O–H groups in total. The first-order valence-electron chi connectivity index (χ1n) is 30.3. The number of rotatable bonds is 54. The second-order valence-electron chi connectivity index (χ2n) is 21.2. The quantitative estimate of drug-likeness (QED) is 0.0267. The molecule has 0 bridgehead atoms. The van der Waals surface area contributed by atoms with Crippen LogP contribution in [0.15, 0.2) is 12.2 Å². The van der Waals surface area contributed by atoms with Crippen molar-refractivity contribution in [3.05, 3.63) is 12.2 Å². The molecule has 9 nitrogen and oxygen atoms in total. The van der Waals surface area contributed by atoms with Crippen LogP contribution >= 0.6 is 0 Å². The minimum Gasteiger partial charge on any atom is -0.457 e. The minimum absolute atomic E-state index is 0.107. The average molecular weight is 982 g/mol. The lowest BCUT2D eigenvalue weighted by Gasteiger charge is -2.39. The van der Waals surface area contributed by atoms with Gasteiger partial charge in [0.05, 0.1) is 19.8 Å². The summed E-state index contributed by atoms with van der Waals surface area (Å²) in [5, 5.41) is 40.4. The lowest BCUT2D eigenvalue weighted by Crippen LogP contribution is -2.59. The Morgan fingerprint density at radius 2 is 0.797 bits per heavy atom. The van der Waals surface area contributed by atoms with E-state index in [2.05, 4.69) is 26.0 Å². The van der Waals surface area contributed by atoms with E-state index >= 15 is 0 Å². The first-order valence-corrected chi connectivity index (χ1v) is 30.3. The van der Waals surface area contributed by atoms with Gasteiger partial charge in [0.1, 0.15) is 30.5 Å². The summed E-state index contributed by atoms with van der Waals surface area (Å²) in [5.74, 6) is -0.305.